The molecule has 1 heterocycles. The van der Waals surface area contributed by atoms with E-state index in [0.717, 1.165) is 12.2 Å². The van der Waals surface area contributed by atoms with Gasteiger partial charge >= 0.3 is 0 Å². The molecule has 0 aliphatic carbocycles. The van der Waals surface area contributed by atoms with Crippen LogP contribution < -0.4 is 9.80 Å². The second-order valence-corrected chi connectivity index (χ2v) is 7.57. The number of nitrogens with zero attached hydrogens (tertiary/aromatic N) is 3. The summed E-state index contributed by atoms with van der Waals surface area (Å²) in [6.07, 6.45) is 5.07. The zero-order valence-electron chi connectivity index (χ0n) is 16.1. The molecule has 0 spiro atoms. The van der Waals surface area contributed by atoms with Gasteiger partial charge in [0.1, 0.15) is 0 Å². The zero-order chi connectivity index (χ0) is 18.7. The van der Waals surface area contributed by atoms with E-state index in [0.29, 0.717) is 12.5 Å². The molecule has 0 N–H and O–H groups in total. The predicted octanol–water partition coefficient (Wildman–Crippen LogP) is 4.85. The van der Waals surface area contributed by atoms with E-state index >= 15 is 0 Å². The number of fused-ring (bicyclic) bond motifs is 1. The van der Waals surface area contributed by atoms with Crippen LogP contribution in [0.5, 0.6) is 0 Å². The summed E-state index contributed by atoms with van der Waals surface area (Å²) in [5, 5.41) is 8.72. The standard InChI is InChI=1S/C23H27N3/c1-23(2)20-8-5-6-9-21(20)26(4)22(23)15-12-18-10-13-19(14-11-18)25(3)17-7-16-24/h5-6,8-15,22H,7,17H2,1-4H3. The molecule has 0 radical (unpaired) electrons. The van der Waals surface area contributed by atoms with Crippen molar-refractivity contribution in [2.75, 3.05) is 30.4 Å². The first-order valence-corrected chi connectivity index (χ1v) is 9.14. The number of anilines is 2. The van der Waals surface area contributed by atoms with Gasteiger partial charge in [-0.25, -0.2) is 0 Å². The maximum Gasteiger partial charge on any atom is 0.0640 e. The Morgan fingerprint density at radius 1 is 1.15 bits per heavy atom. The van der Waals surface area contributed by atoms with Gasteiger partial charge < -0.3 is 9.80 Å². The largest absolute Gasteiger partial charge is 0.374 e. The Morgan fingerprint density at radius 3 is 2.50 bits per heavy atom. The molecule has 2 aromatic carbocycles. The first-order chi connectivity index (χ1) is 12.4. The van der Waals surface area contributed by atoms with Crippen molar-refractivity contribution >= 4 is 17.5 Å². The van der Waals surface area contributed by atoms with Crippen LogP contribution in [-0.2, 0) is 5.41 Å². The van der Waals surface area contributed by atoms with E-state index in [-0.39, 0.29) is 5.41 Å². The number of hydrogen-bond acceptors (Lipinski definition) is 3. The zero-order valence-corrected chi connectivity index (χ0v) is 16.1. The van der Waals surface area contributed by atoms with Gasteiger partial charge in [0, 0.05) is 37.4 Å². The van der Waals surface area contributed by atoms with Crippen molar-refractivity contribution in [3.8, 4) is 6.07 Å². The SMILES string of the molecule is CN(CCC#N)c1ccc(C=CC2N(C)c3ccccc3C2(C)C)cc1. The van der Waals surface area contributed by atoms with Gasteiger partial charge in [-0.1, -0.05) is 56.3 Å². The van der Waals surface area contributed by atoms with Crippen LogP contribution in [0.25, 0.3) is 6.08 Å². The van der Waals surface area contributed by atoms with Gasteiger partial charge in [-0.3, -0.25) is 0 Å². The van der Waals surface area contributed by atoms with E-state index in [1.807, 2.05) is 7.05 Å². The minimum atomic E-state index is 0.0826. The smallest absolute Gasteiger partial charge is 0.0640 e. The van der Waals surface area contributed by atoms with Crippen LogP contribution in [0.3, 0.4) is 0 Å². The monoisotopic (exact) mass is 345 g/mol. The summed E-state index contributed by atoms with van der Waals surface area (Å²) in [7, 11) is 4.20. The molecular weight excluding hydrogens is 318 g/mol. The van der Waals surface area contributed by atoms with Crippen molar-refractivity contribution in [3.63, 3.8) is 0 Å². The second kappa shape index (κ2) is 7.25. The molecule has 1 unspecified atom stereocenters. The highest BCUT2D eigenvalue weighted by Crippen LogP contribution is 2.44. The normalized spacial score (nSPS) is 18.0. The number of nitriles is 1. The first-order valence-electron chi connectivity index (χ1n) is 9.14. The van der Waals surface area contributed by atoms with Crippen molar-refractivity contribution < 1.29 is 0 Å². The van der Waals surface area contributed by atoms with Gasteiger partial charge in [0.05, 0.1) is 18.5 Å². The number of para-hydroxylation sites is 1. The summed E-state index contributed by atoms with van der Waals surface area (Å²) >= 11 is 0. The van der Waals surface area contributed by atoms with E-state index in [1.54, 1.807) is 0 Å². The first kappa shape index (κ1) is 18.1. The lowest BCUT2D eigenvalue weighted by molar-refractivity contribution is 0.489. The maximum absolute atomic E-state index is 8.72. The van der Waals surface area contributed by atoms with Gasteiger partial charge in [-0.2, -0.15) is 5.26 Å². The highest BCUT2D eigenvalue weighted by molar-refractivity contribution is 5.66. The predicted molar refractivity (Wildman–Crippen MR) is 111 cm³/mol. The Labute approximate surface area is 157 Å². The van der Waals surface area contributed by atoms with Gasteiger partial charge in [-0.05, 0) is 29.3 Å². The summed E-state index contributed by atoms with van der Waals surface area (Å²) in [4.78, 5) is 4.48. The van der Waals surface area contributed by atoms with E-state index in [1.165, 1.54) is 16.8 Å². The molecule has 0 fully saturated rings. The lowest BCUT2D eigenvalue weighted by atomic mass is 9.80. The van der Waals surface area contributed by atoms with Gasteiger partial charge in [-0.15, -0.1) is 0 Å². The van der Waals surface area contributed by atoms with E-state index in [9.17, 15) is 0 Å². The highest BCUT2D eigenvalue weighted by Gasteiger charge is 2.41. The van der Waals surface area contributed by atoms with Crippen LogP contribution in [0.15, 0.2) is 54.6 Å². The van der Waals surface area contributed by atoms with Crippen molar-refractivity contribution in [3.05, 3.63) is 65.7 Å². The van der Waals surface area contributed by atoms with E-state index in [4.69, 9.17) is 5.26 Å². The molecule has 3 rings (SSSR count). The minimum Gasteiger partial charge on any atom is -0.374 e. The van der Waals surface area contributed by atoms with Crippen LogP contribution in [0.1, 0.15) is 31.4 Å². The van der Waals surface area contributed by atoms with Crippen LogP contribution in [-0.4, -0.2) is 26.7 Å². The lowest BCUT2D eigenvalue weighted by Gasteiger charge is -2.29. The molecule has 0 amide bonds. The second-order valence-electron chi connectivity index (χ2n) is 7.57. The molecule has 3 nitrogen and oxygen atoms in total. The topological polar surface area (TPSA) is 30.3 Å². The van der Waals surface area contributed by atoms with Gasteiger partial charge in [0.2, 0.25) is 0 Å². The number of hydrogen-bond donors (Lipinski definition) is 0. The molecule has 1 atom stereocenters. The quantitative estimate of drug-likeness (QED) is 0.776. The molecule has 134 valence electrons. The average molecular weight is 345 g/mol. The Hall–Kier alpha value is -2.73. The molecule has 26 heavy (non-hydrogen) atoms. The summed E-state index contributed by atoms with van der Waals surface area (Å²) in [6, 6.07) is 19.7. The van der Waals surface area contributed by atoms with Crippen LogP contribution in [0, 0.1) is 11.3 Å². The minimum absolute atomic E-state index is 0.0826. The molecule has 0 saturated heterocycles. The Morgan fingerprint density at radius 2 is 1.85 bits per heavy atom. The van der Waals surface area contributed by atoms with E-state index < -0.39 is 0 Å². The van der Waals surface area contributed by atoms with Crippen molar-refractivity contribution in [1.82, 2.24) is 0 Å². The number of benzene rings is 2. The number of rotatable bonds is 5. The van der Waals surface area contributed by atoms with Crippen molar-refractivity contribution in [2.24, 2.45) is 0 Å². The molecule has 3 heteroatoms. The lowest BCUT2D eigenvalue weighted by Crippen LogP contribution is -2.37. The fourth-order valence-electron chi connectivity index (χ4n) is 3.88. The summed E-state index contributed by atoms with van der Waals surface area (Å²) in [5.41, 5.74) is 5.15. The Kier molecular flexibility index (Phi) is 5.04. The number of likely N-dealkylation sites (N-methyl/N-ethyl adjacent to an activating group) is 1. The van der Waals surface area contributed by atoms with Gasteiger partial charge in [0.25, 0.3) is 0 Å². The summed E-state index contributed by atoms with van der Waals surface area (Å²) in [6.45, 7) is 5.39. The van der Waals surface area contributed by atoms with Crippen LogP contribution in [0.4, 0.5) is 11.4 Å². The average Bonchev–Trinajstić information content (AvgIpc) is 2.85. The van der Waals surface area contributed by atoms with E-state index in [2.05, 4.69) is 97.4 Å². The fourth-order valence-corrected chi connectivity index (χ4v) is 3.88. The fraction of sp³-hybridized carbons (Fsp3) is 0.348. The third-order valence-electron chi connectivity index (χ3n) is 5.50. The molecule has 0 aromatic heterocycles. The summed E-state index contributed by atoms with van der Waals surface area (Å²) < 4.78 is 0. The van der Waals surface area contributed by atoms with Crippen molar-refractivity contribution in [2.45, 2.75) is 31.7 Å². The molecule has 0 bridgehead atoms. The maximum atomic E-state index is 8.72. The molecule has 0 saturated carbocycles. The van der Waals surface area contributed by atoms with Gasteiger partial charge in [0.15, 0.2) is 0 Å². The Bertz CT molecular complexity index is 827. The third kappa shape index (κ3) is 3.32. The summed E-state index contributed by atoms with van der Waals surface area (Å²) in [5.74, 6) is 0. The Balaban J connectivity index is 1.75. The van der Waals surface area contributed by atoms with Crippen LogP contribution >= 0.6 is 0 Å². The molecule has 1 aliphatic heterocycles. The van der Waals surface area contributed by atoms with Crippen molar-refractivity contribution in [1.29, 1.82) is 5.26 Å². The highest BCUT2D eigenvalue weighted by atomic mass is 15.2. The molecular formula is C23H27N3. The molecule has 1 aliphatic rings. The molecule has 2 aromatic rings. The third-order valence-corrected chi connectivity index (χ3v) is 5.50. The van der Waals surface area contributed by atoms with Crippen LogP contribution in [0.2, 0.25) is 0 Å².